The monoisotopic (exact) mass is 230 g/mol. The molecule has 1 rings (SSSR count). The molecule has 3 nitrogen and oxygen atoms in total. The summed E-state index contributed by atoms with van der Waals surface area (Å²) in [5.74, 6) is -0.108. The van der Waals surface area contributed by atoms with Crippen LogP contribution in [0.5, 0.6) is 5.75 Å². The highest BCUT2D eigenvalue weighted by Gasteiger charge is 2.07. The van der Waals surface area contributed by atoms with Gasteiger partial charge in [-0.2, -0.15) is 0 Å². The van der Waals surface area contributed by atoms with Crippen LogP contribution in [0.2, 0.25) is 0 Å². The molecule has 16 heavy (non-hydrogen) atoms. The van der Waals surface area contributed by atoms with Gasteiger partial charge in [0.1, 0.15) is 5.75 Å². The van der Waals surface area contributed by atoms with Crippen LogP contribution in [0.1, 0.15) is 16.8 Å². The van der Waals surface area contributed by atoms with Gasteiger partial charge in [0.2, 0.25) is 6.43 Å². The van der Waals surface area contributed by atoms with Crippen molar-refractivity contribution in [3.05, 3.63) is 29.8 Å². The number of carbonyl (C=O) groups excluding carboxylic acids is 1. The van der Waals surface area contributed by atoms with Crippen LogP contribution in [0, 0.1) is 0 Å². The molecule has 1 aromatic rings. The minimum Gasteiger partial charge on any atom is -0.493 e. The number of carbonyl (C=O) groups is 1. The van der Waals surface area contributed by atoms with Gasteiger partial charge in [0.25, 0.3) is 0 Å². The highest BCUT2D eigenvalue weighted by atomic mass is 19.3. The van der Waals surface area contributed by atoms with Crippen LogP contribution >= 0.6 is 0 Å². The summed E-state index contributed by atoms with van der Waals surface area (Å²) in [5, 5.41) is 0. The Morgan fingerprint density at radius 1 is 1.44 bits per heavy atom. The van der Waals surface area contributed by atoms with E-state index in [2.05, 4.69) is 4.74 Å². The number of ether oxygens (including phenoxy) is 2. The normalized spacial score (nSPS) is 10.2. The number of alkyl halides is 2. The van der Waals surface area contributed by atoms with Crippen LogP contribution < -0.4 is 4.74 Å². The molecule has 0 saturated heterocycles. The number of methoxy groups -OCH3 is 1. The van der Waals surface area contributed by atoms with Gasteiger partial charge in [0.05, 0.1) is 19.3 Å². The third-order valence-electron chi connectivity index (χ3n) is 1.86. The first kappa shape index (κ1) is 12.4. The largest absolute Gasteiger partial charge is 0.493 e. The van der Waals surface area contributed by atoms with E-state index in [1.54, 1.807) is 18.2 Å². The Bertz CT molecular complexity index is 353. The molecule has 0 heterocycles. The molecule has 88 valence electrons. The van der Waals surface area contributed by atoms with E-state index in [1.165, 1.54) is 13.2 Å². The fraction of sp³-hybridized carbons (Fsp3) is 0.364. The van der Waals surface area contributed by atoms with Crippen molar-refractivity contribution in [2.24, 2.45) is 0 Å². The van der Waals surface area contributed by atoms with E-state index in [1.807, 2.05) is 0 Å². The Balaban J connectivity index is 2.57. The van der Waals surface area contributed by atoms with Crippen molar-refractivity contribution in [3.63, 3.8) is 0 Å². The summed E-state index contributed by atoms with van der Waals surface area (Å²) < 4.78 is 33.3. The first-order chi connectivity index (χ1) is 7.63. The third kappa shape index (κ3) is 3.84. The fourth-order valence-electron chi connectivity index (χ4n) is 1.10. The SMILES string of the molecule is COC(=O)c1cccc(OCCC(F)F)c1. The number of benzene rings is 1. The molecule has 5 heteroatoms. The third-order valence-corrected chi connectivity index (χ3v) is 1.86. The van der Waals surface area contributed by atoms with E-state index in [0.29, 0.717) is 11.3 Å². The maximum Gasteiger partial charge on any atom is 0.337 e. The van der Waals surface area contributed by atoms with Crippen molar-refractivity contribution < 1.29 is 23.0 Å². The molecule has 0 aliphatic rings. The lowest BCUT2D eigenvalue weighted by atomic mass is 10.2. The summed E-state index contributed by atoms with van der Waals surface area (Å²) in [4.78, 5) is 11.1. The Hall–Kier alpha value is -1.65. The van der Waals surface area contributed by atoms with Crippen LogP contribution in [0.15, 0.2) is 24.3 Å². The molecule has 0 amide bonds. The topological polar surface area (TPSA) is 35.5 Å². The van der Waals surface area contributed by atoms with Gasteiger partial charge in [0.15, 0.2) is 0 Å². The summed E-state index contributed by atoms with van der Waals surface area (Å²) in [7, 11) is 1.27. The second-order valence-electron chi connectivity index (χ2n) is 3.05. The number of hydrogen-bond acceptors (Lipinski definition) is 3. The maximum absolute atomic E-state index is 11.8. The van der Waals surface area contributed by atoms with Gasteiger partial charge in [-0.15, -0.1) is 0 Å². The zero-order valence-electron chi connectivity index (χ0n) is 8.78. The van der Waals surface area contributed by atoms with Crippen LogP contribution in [0.3, 0.4) is 0 Å². The summed E-state index contributed by atoms with van der Waals surface area (Å²) in [6, 6.07) is 6.21. The van der Waals surface area contributed by atoms with Crippen molar-refractivity contribution in [2.75, 3.05) is 13.7 Å². The summed E-state index contributed by atoms with van der Waals surface area (Å²) in [6.45, 7) is -0.0811. The highest BCUT2D eigenvalue weighted by molar-refractivity contribution is 5.89. The average molecular weight is 230 g/mol. The lowest BCUT2D eigenvalue weighted by molar-refractivity contribution is 0.0599. The summed E-state index contributed by atoms with van der Waals surface area (Å²) in [6.07, 6.45) is -2.72. The molecule has 0 aliphatic carbocycles. The molecule has 0 fully saturated rings. The van der Waals surface area contributed by atoms with Gasteiger partial charge < -0.3 is 9.47 Å². The second-order valence-corrected chi connectivity index (χ2v) is 3.05. The van der Waals surface area contributed by atoms with Crippen molar-refractivity contribution in [1.82, 2.24) is 0 Å². The predicted molar refractivity (Wildman–Crippen MR) is 53.9 cm³/mol. The molecule has 0 radical (unpaired) electrons. The zero-order chi connectivity index (χ0) is 12.0. The molecule has 0 aliphatic heterocycles. The van der Waals surface area contributed by atoms with E-state index in [-0.39, 0.29) is 13.0 Å². The lowest BCUT2D eigenvalue weighted by Crippen LogP contribution is -2.05. The first-order valence-electron chi connectivity index (χ1n) is 4.73. The molecular weight excluding hydrogens is 218 g/mol. The summed E-state index contributed by atoms with van der Waals surface area (Å²) >= 11 is 0. The molecule has 0 unspecified atom stereocenters. The molecule has 0 aromatic heterocycles. The Morgan fingerprint density at radius 2 is 2.19 bits per heavy atom. The van der Waals surface area contributed by atoms with E-state index >= 15 is 0 Å². The zero-order valence-corrected chi connectivity index (χ0v) is 8.78. The average Bonchev–Trinajstić information content (AvgIpc) is 2.28. The lowest BCUT2D eigenvalue weighted by Gasteiger charge is -2.06. The van der Waals surface area contributed by atoms with Gasteiger partial charge in [-0.3, -0.25) is 0 Å². The maximum atomic E-state index is 11.8. The molecule has 0 spiro atoms. The minimum atomic E-state index is -2.39. The molecule has 1 aromatic carbocycles. The fourth-order valence-corrected chi connectivity index (χ4v) is 1.10. The Kier molecular flexibility index (Phi) is 4.69. The van der Waals surface area contributed by atoms with Gasteiger partial charge in [-0.1, -0.05) is 6.07 Å². The second kappa shape index (κ2) is 6.05. The Labute approximate surface area is 92.0 Å². The van der Waals surface area contributed by atoms with Gasteiger partial charge >= 0.3 is 5.97 Å². The van der Waals surface area contributed by atoms with E-state index in [4.69, 9.17) is 4.74 Å². The molecule has 0 bridgehead atoms. The van der Waals surface area contributed by atoms with Gasteiger partial charge in [-0.05, 0) is 18.2 Å². The van der Waals surface area contributed by atoms with Crippen molar-refractivity contribution in [1.29, 1.82) is 0 Å². The molecule has 0 saturated carbocycles. The van der Waals surface area contributed by atoms with E-state index in [9.17, 15) is 13.6 Å². The van der Waals surface area contributed by atoms with E-state index < -0.39 is 12.4 Å². The van der Waals surface area contributed by atoms with Crippen LogP contribution in [0.4, 0.5) is 8.78 Å². The van der Waals surface area contributed by atoms with Crippen LogP contribution in [0.25, 0.3) is 0 Å². The number of esters is 1. The summed E-state index contributed by atoms with van der Waals surface area (Å²) in [5.41, 5.74) is 0.331. The predicted octanol–water partition coefficient (Wildman–Crippen LogP) is 2.51. The first-order valence-corrected chi connectivity index (χ1v) is 4.73. The van der Waals surface area contributed by atoms with Crippen LogP contribution in [-0.2, 0) is 4.74 Å². The standard InChI is InChI=1S/C11H12F2O3/c1-15-11(14)8-3-2-4-9(7-8)16-6-5-10(12)13/h2-4,7,10H,5-6H2,1H3. The number of rotatable bonds is 5. The van der Waals surface area contributed by atoms with Crippen molar-refractivity contribution in [2.45, 2.75) is 12.8 Å². The molecule has 0 atom stereocenters. The minimum absolute atomic E-state index is 0.0811. The smallest absolute Gasteiger partial charge is 0.337 e. The number of halogens is 2. The van der Waals surface area contributed by atoms with Crippen LogP contribution in [-0.4, -0.2) is 26.1 Å². The van der Waals surface area contributed by atoms with E-state index in [0.717, 1.165) is 0 Å². The molecule has 0 N–H and O–H groups in total. The number of hydrogen-bond donors (Lipinski definition) is 0. The highest BCUT2D eigenvalue weighted by Crippen LogP contribution is 2.14. The Morgan fingerprint density at radius 3 is 2.81 bits per heavy atom. The van der Waals surface area contributed by atoms with Crippen molar-refractivity contribution in [3.8, 4) is 5.75 Å². The van der Waals surface area contributed by atoms with Gasteiger partial charge in [-0.25, -0.2) is 13.6 Å². The quantitative estimate of drug-likeness (QED) is 0.729. The van der Waals surface area contributed by atoms with Crippen molar-refractivity contribution >= 4 is 5.97 Å². The molecular formula is C11H12F2O3. The van der Waals surface area contributed by atoms with Gasteiger partial charge in [0, 0.05) is 6.42 Å².